The fourth-order valence-corrected chi connectivity index (χ4v) is 2.66. The van der Waals surface area contributed by atoms with Gasteiger partial charge in [-0.2, -0.15) is 0 Å². The summed E-state index contributed by atoms with van der Waals surface area (Å²) in [5.74, 6) is -1.77. The van der Waals surface area contributed by atoms with Crippen molar-refractivity contribution in [2.75, 3.05) is 19.4 Å². The van der Waals surface area contributed by atoms with Gasteiger partial charge >= 0.3 is 5.97 Å². The topological polar surface area (TPSA) is 119 Å². The second-order valence-electron chi connectivity index (χ2n) is 5.84. The van der Waals surface area contributed by atoms with Crippen molar-refractivity contribution in [3.05, 3.63) is 35.4 Å². The lowest BCUT2D eigenvalue weighted by Gasteiger charge is -2.09. The minimum atomic E-state index is -3.15. The zero-order valence-corrected chi connectivity index (χ0v) is 15.2. The summed E-state index contributed by atoms with van der Waals surface area (Å²) in [6.07, 6.45) is 1.12. The van der Waals surface area contributed by atoms with Crippen LogP contribution in [0.1, 0.15) is 29.8 Å². The molecule has 0 atom stereocenters. The van der Waals surface area contributed by atoms with Crippen LogP contribution in [0.4, 0.5) is 0 Å². The molecule has 0 bridgehead atoms. The molecule has 0 aliphatic carbocycles. The standard InChI is InChI=1S/C16H22N2O6S/c1-11(2)18-14(19)8-17-15(20)9-24-16(21)13-6-4-12(5-7-13)10-25(3,22)23/h4-7,11H,8-10H2,1-3H3,(H,17,20)(H,18,19). The van der Waals surface area contributed by atoms with Crippen molar-refractivity contribution in [1.29, 1.82) is 0 Å². The van der Waals surface area contributed by atoms with Crippen LogP contribution < -0.4 is 10.6 Å². The van der Waals surface area contributed by atoms with E-state index in [4.69, 9.17) is 4.74 Å². The first kappa shape index (κ1) is 20.6. The average molecular weight is 370 g/mol. The van der Waals surface area contributed by atoms with Gasteiger partial charge in [0.15, 0.2) is 16.4 Å². The van der Waals surface area contributed by atoms with Gasteiger partial charge in [0.25, 0.3) is 5.91 Å². The summed E-state index contributed by atoms with van der Waals surface area (Å²) in [5, 5.41) is 4.94. The zero-order chi connectivity index (χ0) is 19.0. The fraction of sp³-hybridized carbons (Fsp3) is 0.438. The number of hydrogen-bond donors (Lipinski definition) is 2. The van der Waals surface area contributed by atoms with Crippen LogP contribution in [0.15, 0.2) is 24.3 Å². The molecule has 0 radical (unpaired) electrons. The number of carbonyl (C=O) groups is 3. The summed E-state index contributed by atoms with van der Waals surface area (Å²) in [4.78, 5) is 34.7. The van der Waals surface area contributed by atoms with E-state index < -0.39 is 28.3 Å². The largest absolute Gasteiger partial charge is 0.452 e. The van der Waals surface area contributed by atoms with Crippen molar-refractivity contribution in [3.8, 4) is 0 Å². The molecule has 138 valence electrons. The number of hydrogen-bond acceptors (Lipinski definition) is 6. The molecule has 0 saturated heterocycles. The molecule has 1 aromatic carbocycles. The molecule has 0 aromatic heterocycles. The van der Waals surface area contributed by atoms with Crippen molar-refractivity contribution in [2.24, 2.45) is 0 Å². The molecule has 8 nitrogen and oxygen atoms in total. The SMILES string of the molecule is CC(C)NC(=O)CNC(=O)COC(=O)c1ccc(CS(C)(=O)=O)cc1. The summed E-state index contributed by atoms with van der Waals surface area (Å²) in [5.41, 5.74) is 0.746. The maximum absolute atomic E-state index is 11.8. The quantitative estimate of drug-likeness (QED) is 0.623. The van der Waals surface area contributed by atoms with E-state index >= 15 is 0 Å². The van der Waals surface area contributed by atoms with Gasteiger partial charge < -0.3 is 15.4 Å². The average Bonchev–Trinajstić information content (AvgIpc) is 2.49. The van der Waals surface area contributed by atoms with Gasteiger partial charge in [0.05, 0.1) is 17.9 Å². The smallest absolute Gasteiger partial charge is 0.338 e. The van der Waals surface area contributed by atoms with Crippen LogP contribution in [0.3, 0.4) is 0 Å². The molecule has 0 aliphatic heterocycles. The zero-order valence-electron chi connectivity index (χ0n) is 14.4. The maximum atomic E-state index is 11.8. The van der Waals surface area contributed by atoms with Crippen molar-refractivity contribution in [2.45, 2.75) is 25.6 Å². The van der Waals surface area contributed by atoms with Crippen LogP contribution in [0.5, 0.6) is 0 Å². The minimum absolute atomic E-state index is 0.0344. The molecule has 0 saturated carbocycles. The van der Waals surface area contributed by atoms with Crippen LogP contribution in [-0.2, 0) is 29.9 Å². The lowest BCUT2D eigenvalue weighted by Crippen LogP contribution is -2.41. The maximum Gasteiger partial charge on any atom is 0.338 e. The number of sulfone groups is 1. The van der Waals surface area contributed by atoms with Crippen LogP contribution in [0, 0.1) is 0 Å². The van der Waals surface area contributed by atoms with Gasteiger partial charge in [-0.05, 0) is 31.5 Å². The summed E-state index contributed by atoms with van der Waals surface area (Å²) in [7, 11) is -3.15. The molecule has 0 fully saturated rings. The summed E-state index contributed by atoms with van der Waals surface area (Å²) in [6, 6.07) is 5.84. The lowest BCUT2D eigenvalue weighted by atomic mass is 10.1. The molecule has 0 unspecified atom stereocenters. The monoisotopic (exact) mass is 370 g/mol. The molecule has 1 rings (SSSR count). The lowest BCUT2D eigenvalue weighted by molar-refractivity contribution is -0.128. The van der Waals surface area contributed by atoms with Crippen molar-refractivity contribution in [3.63, 3.8) is 0 Å². The number of benzene rings is 1. The Kier molecular flexibility index (Phi) is 7.56. The Morgan fingerprint density at radius 2 is 1.68 bits per heavy atom. The van der Waals surface area contributed by atoms with Crippen LogP contribution in [-0.4, -0.2) is 51.7 Å². The van der Waals surface area contributed by atoms with Crippen LogP contribution in [0.2, 0.25) is 0 Å². The summed E-state index contributed by atoms with van der Waals surface area (Å²) >= 11 is 0. The molecule has 0 heterocycles. The van der Waals surface area contributed by atoms with Crippen molar-refractivity contribution >= 4 is 27.6 Å². The highest BCUT2D eigenvalue weighted by Gasteiger charge is 2.12. The van der Waals surface area contributed by atoms with Gasteiger partial charge in [-0.3, -0.25) is 9.59 Å². The molecule has 2 amide bonds. The Morgan fingerprint density at radius 1 is 1.08 bits per heavy atom. The predicted octanol–water partition coefficient (Wildman–Crippen LogP) is 0.0288. The van der Waals surface area contributed by atoms with E-state index in [1.54, 1.807) is 13.8 Å². The highest BCUT2D eigenvalue weighted by molar-refractivity contribution is 7.89. The van der Waals surface area contributed by atoms with Crippen LogP contribution >= 0.6 is 0 Å². The summed E-state index contributed by atoms with van der Waals surface area (Å²) < 4.78 is 27.2. The van der Waals surface area contributed by atoms with Crippen molar-refractivity contribution < 1.29 is 27.5 Å². The third kappa shape index (κ3) is 8.85. The molecule has 25 heavy (non-hydrogen) atoms. The Morgan fingerprint density at radius 3 is 2.20 bits per heavy atom. The second-order valence-corrected chi connectivity index (χ2v) is 7.98. The second kappa shape index (κ2) is 9.16. The molecule has 9 heteroatoms. The molecule has 2 N–H and O–H groups in total. The first-order valence-electron chi connectivity index (χ1n) is 7.56. The van der Waals surface area contributed by atoms with E-state index in [1.807, 2.05) is 0 Å². The minimum Gasteiger partial charge on any atom is -0.452 e. The van der Waals surface area contributed by atoms with E-state index in [9.17, 15) is 22.8 Å². The molecular formula is C16H22N2O6S. The van der Waals surface area contributed by atoms with Gasteiger partial charge in [-0.25, -0.2) is 13.2 Å². The summed E-state index contributed by atoms with van der Waals surface area (Å²) in [6.45, 7) is 2.87. The van der Waals surface area contributed by atoms with Gasteiger partial charge in [-0.1, -0.05) is 12.1 Å². The number of nitrogens with one attached hydrogen (secondary N) is 2. The van der Waals surface area contributed by atoms with E-state index in [-0.39, 0.29) is 29.8 Å². The third-order valence-corrected chi connectivity index (χ3v) is 3.71. The predicted molar refractivity (Wildman–Crippen MR) is 91.6 cm³/mol. The first-order valence-corrected chi connectivity index (χ1v) is 9.62. The highest BCUT2D eigenvalue weighted by atomic mass is 32.2. The molecular weight excluding hydrogens is 348 g/mol. The van der Waals surface area contributed by atoms with Gasteiger partial charge in [0.1, 0.15) is 0 Å². The van der Waals surface area contributed by atoms with E-state index in [0.29, 0.717) is 5.56 Å². The van der Waals surface area contributed by atoms with E-state index in [0.717, 1.165) is 6.26 Å². The number of rotatable bonds is 8. The van der Waals surface area contributed by atoms with Gasteiger partial charge in [0.2, 0.25) is 5.91 Å². The Labute approximate surface area is 146 Å². The normalized spacial score (nSPS) is 11.0. The highest BCUT2D eigenvalue weighted by Crippen LogP contribution is 2.09. The Hall–Kier alpha value is -2.42. The van der Waals surface area contributed by atoms with Crippen molar-refractivity contribution in [1.82, 2.24) is 10.6 Å². The number of amides is 2. The molecule has 0 aliphatic rings. The third-order valence-electron chi connectivity index (χ3n) is 2.85. The van der Waals surface area contributed by atoms with Crippen LogP contribution in [0.25, 0.3) is 0 Å². The van der Waals surface area contributed by atoms with E-state index in [2.05, 4.69) is 10.6 Å². The van der Waals surface area contributed by atoms with Gasteiger partial charge in [0, 0.05) is 12.3 Å². The first-order chi connectivity index (χ1) is 11.6. The Bertz CT molecular complexity index is 725. The fourth-order valence-electron chi connectivity index (χ4n) is 1.86. The number of carbonyl (C=O) groups excluding carboxylic acids is 3. The number of ether oxygens (including phenoxy) is 1. The number of esters is 1. The van der Waals surface area contributed by atoms with Gasteiger partial charge in [-0.15, -0.1) is 0 Å². The molecule has 1 aromatic rings. The van der Waals surface area contributed by atoms with E-state index in [1.165, 1.54) is 24.3 Å². The molecule has 0 spiro atoms. The Balaban J connectivity index is 2.43.